The van der Waals surface area contributed by atoms with Crippen LogP contribution in [0.3, 0.4) is 0 Å². The Balaban J connectivity index is 1.22. The van der Waals surface area contributed by atoms with Crippen molar-refractivity contribution in [1.29, 1.82) is 0 Å². The molecule has 5 nitrogen and oxygen atoms in total. The molecule has 3 aromatic carbocycles. The number of hydrogen-bond acceptors (Lipinski definition) is 4. The molecule has 178 valence electrons. The normalized spacial score (nSPS) is 20.6. The molecule has 0 aromatic heterocycles. The lowest BCUT2D eigenvalue weighted by Gasteiger charge is -2.44. The van der Waals surface area contributed by atoms with Gasteiger partial charge in [-0.15, -0.1) is 0 Å². The maximum absolute atomic E-state index is 13.4. The summed E-state index contributed by atoms with van der Waals surface area (Å²) < 4.78 is 17.7. The smallest absolute Gasteiger partial charge is 0.410 e. The van der Waals surface area contributed by atoms with E-state index in [2.05, 4.69) is 60.7 Å². The SMILES string of the molecule is CCOc1ccccc1C1=CC2COCC(C1)N2C(=O)OCC1c2ccccc2-c2ccccc21. The number of morpholine rings is 1. The predicted octanol–water partition coefficient (Wildman–Crippen LogP) is 5.89. The van der Waals surface area contributed by atoms with Gasteiger partial charge in [-0.1, -0.05) is 72.8 Å². The van der Waals surface area contributed by atoms with Gasteiger partial charge in [0.1, 0.15) is 12.4 Å². The Bertz CT molecular complexity index is 1240. The first-order chi connectivity index (χ1) is 17.2. The van der Waals surface area contributed by atoms with E-state index in [4.69, 9.17) is 14.2 Å². The van der Waals surface area contributed by atoms with Crippen molar-refractivity contribution in [3.05, 3.63) is 95.6 Å². The van der Waals surface area contributed by atoms with Gasteiger partial charge in [-0.3, -0.25) is 4.90 Å². The third kappa shape index (κ3) is 3.90. The molecule has 2 unspecified atom stereocenters. The largest absolute Gasteiger partial charge is 0.493 e. The monoisotopic (exact) mass is 467 g/mol. The highest BCUT2D eigenvalue weighted by molar-refractivity contribution is 5.80. The minimum absolute atomic E-state index is 0.0522. The average Bonchev–Trinajstić information content (AvgIpc) is 3.21. The molecule has 5 heteroatoms. The zero-order chi connectivity index (χ0) is 23.8. The van der Waals surface area contributed by atoms with Crippen LogP contribution in [0.5, 0.6) is 5.75 Å². The van der Waals surface area contributed by atoms with Crippen molar-refractivity contribution in [3.63, 3.8) is 0 Å². The summed E-state index contributed by atoms with van der Waals surface area (Å²) in [7, 11) is 0. The fourth-order valence-corrected chi connectivity index (χ4v) is 5.76. The van der Waals surface area contributed by atoms with Crippen molar-refractivity contribution in [1.82, 2.24) is 4.90 Å². The molecule has 0 spiro atoms. The number of hydrogen-bond donors (Lipinski definition) is 0. The van der Waals surface area contributed by atoms with Crippen molar-refractivity contribution in [2.24, 2.45) is 0 Å². The van der Waals surface area contributed by atoms with E-state index in [1.807, 2.05) is 30.0 Å². The van der Waals surface area contributed by atoms with Gasteiger partial charge in [0.2, 0.25) is 0 Å². The van der Waals surface area contributed by atoms with Gasteiger partial charge in [0, 0.05) is 11.5 Å². The van der Waals surface area contributed by atoms with E-state index < -0.39 is 0 Å². The van der Waals surface area contributed by atoms with Crippen molar-refractivity contribution < 1.29 is 19.0 Å². The minimum atomic E-state index is -0.265. The Morgan fingerprint density at radius 2 is 1.57 bits per heavy atom. The second-order valence-corrected chi connectivity index (χ2v) is 9.30. The predicted molar refractivity (Wildman–Crippen MR) is 136 cm³/mol. The molecule has 0 radical (unpaired) electrons. The Morgan fingerprint density at radius 3 is 2.26 bits per heavy atom. The molecule has 1 fully saturated rings. The Labute approximate surface area is 205 Å². The van der Waals surface area contributed by atoms with E-state index in [9.17, 15) is 4.79 Å². The highest BCUT2D eigenvalue weighted by Gasteiger charge is 2.40. The Morgan fingerprint density at radius 1 is 0.914 bits per heavy atom. The minimum Gasteiger partial charge on any atom is -0.493 e. The van der Waals surface area contributed by atoms with Crippen LogP contribution in [-0.4, -0.2) is 49.5 Å². The molecule has 2 aliphatic heterocycles. The fourth-order valence-electron chi connectivity index (χ4n) is 5.76. The van der Waals surface area contributed by atoms with Crippen LogP contribution in [0, 0.1) is 0 Å². The number of carbonyl (C=O) groups excluding carboxylic acids is 1. The van der Waals surface area contributed by atoms with Crippen LogP contribution in [-0.2, 0) is 9.47 Å². The van der Waals surface area contributed by atoms with Gasteiger partial charge in [0.15, 0.2) is 0 Å². The second kappa shape index (κ2) is 9.23. The summed E-state index contributed by atoms with van der Waals surface area (Å²) in [5.41, 5.74) is 7.20. The number of fused-ring (bicyclic) bond motifs is 5. The Kier molecular flexibility index (Phi) is 5.78. The lowest BCUT2D eigenvalue weighted by Crippen LogP contribution is -2.56. The number of benzene rings is 3. The number of rotatable bonds is 5. The quantitative estimate of drug-likeness (QED) is 0.469. The van der Waals surface area contributed by atoms with Crippen LogP contribution >= 0.6 is 0 Å². The molecule has 3 aliphatic rings. The summed E-state index contributed by atoms with van der Waals surface area (Å²) in [6, 6.07) is 24.7. The lowest BCUT2D eigenvalue weighted by atomic mass is 9.89. The molecule has 1 amide bonds. The van der Waals surface area contributed by atoms with Gasteiger partial charge in [0.05, 0.1) is 31.9 Å². The maximum Gasteiger partial charge on any atom is 0.410 e. The molecule has 1 saturated heterocycles. The molecular weight excluding hydrogens is 438 g/mol. The van der Waals surface area contributed by atoms with Crippen LogP contribution in [0.15, 0.2) is 78.9 Å². The highest BCUT2D eigenvalue weighted by Crippen LogP contribution is 2.45. The summed E-state index contributed by atoms with van der Waals surface area (Å²) in [6.07, 6.45) is 2.60. The zero-order valence-corrected chi connectivity index (χ0v) is 19.9. The fraction of sp³-hybridized carbons (Fsp3) is 0.300. The van der Waals surface area contributed by atoms with Crippen LogP contribution < -0.4 is 4.74 Å². The highest BCUT2D eigenvalue weighted by atomic mass is 16.6. The standard InChI is InChI=1S/C30H29NO4/c1-2-34-29-14-8-7-9-23(29)20-15-21-17-33-18-22(16-20)31(21)30(32)35-19-28-26-12-5-3-10-24(26)25-11-4-6-13-27(25)28/h3-15,21-22,28H,2,16-19H2,1H3. The van der Waals surface area contributed by atoms with Crippen LogP contribution in [0.2, 0.25) is 0 Å². The first kappa shape index (κ1) is 21.9. The molecule has 0 N–H and O–H groups in total. The molecule has 2 bridgehead atoms. The number of amides is 1. The van der Waals surface area contributed by atoms with Crippen molar-refractivity contribution >= 4 is 11.7 Å². The van der Waals surface area contributed by atoms with Crippen LogP contribution in [0.4, 0.5) is 4.79 Å². The van der Waals surface area contributed by atoms with Gasteiger partial charge in [0.25, 0.3) is 0 Å². The number of nitrogens with zero attached hydrogens (tertiary/aromatic N) is 1. The summed E-state index contributed by atoms with van der Waals surface area (Å²) >= 11 is 0. The third-order valence-electron chi connectivity index (χ3n) is 7.28. The van der Waals surface area contributed by atoms with Gasteiger partial charge < -0.3 is 14.2 Å². The zero-order valence-electron chi connectivity index (χ0n) is 19.9. The Hall–Kier alpha value is -3.57. The first-order valence-corrected chi connectivity index (χ1v) is 12.4. The molecule has 6 rings (SSSR count). The van der Waals surface area contributed by atoms with E-state index in [0.29, 0.717) is 32.8 Å². The average molecular weight is 468 g/mol. The van der Waals surface area contributed by atoms with Crippen molar-refractivity contribution in [3.8, 4) is 16.9 Å². The summed E-state index contributed by atoms with van der Waals surface area (Å²) in [5.74, 6) is 0.936. The van der Waals surface area contributed by atoms with E-state index in [-0.39, 0.29) is 24.1 Å². The third-order valence-corrected chi connectivity index (χ3v) is 7.28. The summed E-state index contributed by atoms with van der Waals surface area (Å²) in [6.45, 7) is 3.92. The number of carbonyl (C=O) groups is 1. The van der Waals surface area contributed by atoms with Gasteiger partial charge in [-0.2, -0.15) is 0 Å². The van der Waals surface area contributed by atoms with E-state index in [1.54, 1.807) is 0 Å². The molecule has 0 saturated carbocycles. The van der Waals surface area contributed by atoms with E-state index in [0.717, 1.165) is 11.3 Å². The van der Waals surface area contributed by atoms with E-state index >= 15 is 0 Å². The topological polar surface area (TPSA) is 48.0 Å². The maximum atomic E-state index is 13.4. The molecular formula is C30H29NO4. The second-order valence-electron chi connectivity index (χ2n) is 9.30. The van der Waals surface area contributed by atoms with Gasteiger partial charge in [-0.25, -0.2) is 4.79 Å². The number of ether oxygens (including phenoxy) is 3. The lowest BCUT2D eigenvalue weighted by molar-refractivity contribution is -0.0331. The molecule has 35 heavy (non-hydrogen) atoms. The van der Waals surface area contributed by atoms with Crippen LogP contribution in [0.1, 0.15) is 36.0 Å². The van der Waals surface area contributed by atoms with Crippen molar-refractivity contribution in [2.45, 2.75) is 31.3 Å². The first-order valence-electron chi connectivity index (χ1n) is 12.4. The molecule has 1 aliphatic carbocycles. The molecule has 3 aromatic rings. The van der Waals surface area contributed by atoms with E-state index in [1.165, 1.54) is 27.8 Å². The van der Waals surface area contributed by atoms with Crippen molar-refractivity contribution in [2.75, 3.05) is 26.4 Å². The summed E-state index contributed by atoms with van der Waals surface area (Å²) in [5, 5.41) is 0. The number of para-hydroxylation sites is 1. The summed E-state index contributed by atoms with van der Waals surface area (Å²) in [4.78, 5) is 15.3. The van der Waals surface area contributed by atoms with Crippen LogP contribution in [0.25, 0.3) is 16.7 Å². The molecule has 2 heterocycles. The van der Waals surface area contributed by atoms with Gasteiger partial charge >= 0.3 is 6.09 Å². The van der Waals surface area contributed by atoms with Gasteiger partial charge in [-0.05, 0) is 47.2 Å². The molecule has 2 atom stereocenters.